The fraction of sp³-hybridized carbons (Fsp3) is 0.920. The van der Waals surface area contributed by atoms with Gasteiger partial charge in [0.1, 0.15) is 0 Å². The Bertz CT molecular complexity index is 567. The van der Waals surface area contributed by atoms with Gasteiger partial charge in [-0.1, -0.05) is 38.3 Å². The van der Waals surface area contributed by atoms with Crippen molar-refractivity contribution in [3.05, 3.63) is 11.6 Å². The Morgan fingerprint density at radius 2 is 1.89 bits per heavy atom. The van der Waals surface area contributed by atoms with Gasteiger partial charge in [0.05, 0.1) is 12.2 Å². The van der Waals surface area contributed by atoms with Crippen LogP contribution in [0.2, 0.25) is 0 Å². The third-order valence-corrected chi connectivity index (χ3v) is 9.70. The van der Waals surface area contributed by atoms with Crippen molar-refractivity contribution in [1.82, 2.24) is 0 Å². The van der Waals surface area contributed by atoms with Crippen LogP contribution in [-0.4, -0.2) is 22.4 Å². The van der Waals surface area contributed by atoms with Crippen LogP contribution in [0.25, 0.3) is 0 Å². The molecule has 3 fully saturated rings. The highest BCUT2D eigenvalue weighted by atomic mass is 16.3. The second kappa shape index (κ2) is 7.48. The molecular weight excluding hydrogens is 332 g/mol. The van der Waals surface area contributed by atoms with Gasteiger partial charge in [-0.2, -0.15) is 0 Å². The topological polar surface area (TPSA) is 40.5 Å². The maximum Gasteiger partial charge on any atom is 0.0577 e. The molecule has 0 radical (unpaired) electrons. The standard InChI is InChI=1S/C25H42O2/c1-17(26)6-4-5-7-18-9-11-22-21-10-8-19-16-20(27)12-14-25(19,3)23(21)13-15-24(18,22)2/h8,17-18,20-23,26-27H,4-7,9-16H2,1-3H3/t17?,18-,20?,21-,22?,23?,24+,25-/m0/s1. The van der Waals surface area contributed by atoms with Crippen LogP contribution in [0, 0.1) is 34.5 Å². The summed E-state index contributed by atoms with van der Waals surface area (Å²) >= 11 is 0. The van der Waals surface area contributed by atoms with Crippen LogP contribution in [0.4, 0.5) is 0 Å². The average molecular weight is 375 g/mol. The van der Waals surface area contributed by atoms with Crippen molar-refractivity contribution in [2.45, 2.75) is 110 Å². The molecule has 4 aliphatic carbocycles. The molecule has 2 heteroatoms. The van der Waals surface area contributed by atoms with Crippen molar-refractivity contribution in [3.8, 4) is 0 Å². The monoisotopic (exact) mass is 374 g/mol. The van der Waals surface area contributed by atoms with E-state index in [-0.39, 0.29) is 12.2 Å². The zero-order valence-electron chi connectivity index (χ0n) is 17.9. The molecule has 2 N–H and O–H groups in total. The van der Waals surface area contributed by atoms with Crippen LogP contribution in [-0.2, 0) is 0 Å². The fourth-order valence-electron chi connectivity index (χ4n) is 8.06. The Morgan fingerprint density at radius 3 is 2.67 bits per heavy atom. The highest BCUT2D eigenvalue weighted by molar-refractivity contribution is 5.25. The zero-order valence-corrected chi connectivity index (χ0v) is 17.9. The second-order valence-electron chi connectivity index (χ2n) is 11.1. The van der Waals surface area contributed by atoms with E-state index in [0.29, 0.717) is 10.8 Å². The minimum atomic E-state index is -0.134. The molecule has 4 unspecified atom stereocenters. The molecule has 0 aromatic heterocycles. The van der Waals surface area contributed by atoms with Crippen LogP contribution < -0.4 is 0 Å². The van der Waals surface area contributed by atoms with Gasteiger partial charge in [0, 0.05) is 0 Å². The number of hydrogen-bond donors (Lipinski definition) is 2. The van der Waals surface area contributed by atoms with E-state index in [1.807, 2.05) is 6.92 Å². The molecule has 4 rings (SSSR count). The number of aliphatic hydroxyl groups excluding tert-OH is 2. The highest BCUT2D eigenvalue weighted by Gasteiger charge is 2.58. The highest BCUT2D eigenvalue weighted by Crippen LogP contribution is 2.66. The molecule has 0 spiro atoms. The van der Waals surface area contributed by atoms with Crippen LogP contribution in [0.5, 0.6) is 0 Å². The van der Waals surface area contributed by atoms with Gasteiger partial charge >= 0.3 is 0 Å². The average Bonchev–Trinajstić information content (AvgIpc) is 2.96. The van der Waals surface area contributed by atoms with Gasteiger partial charge in [0.25, 0.3) is 0 Å². The lowest BCUT2D eigenvalue weighted by Crippen LogP contribution is -2.50. The van der Waals surface area contributed by atoms with Crippen molar-refractivity contribution in [2.24, 2.45) is 34.5 Å². The maximum absolute atomic E-state index is 10.2. The van der Waals surface area contributed by atoms with Gasteiger partial charge in [-0.15, -0.1) is 0 Å². The summed E-state index contributed by atoms with van der Waals surface area (Å²) in [6.07, 6.45) is 17.3. The molecule has 4 aliphatic rings. The van der Waals surface area contributed by atoms with Crippen molar-refractivity contribution < 1.29 is 10.2 Å². The van der Waals surface area contributed by atoms with Crippen molar-refractivity contribution in [2.75, 3.05) is 0 Å². The molecule has 0 heterocycles. The number of hydrogen-bond acceptors (Lipinski definition) is 2. The lowest BCUT2D eigenvalue weighted by molar-refractivity contribution is -0.0509. The van der Waals surface area contributed by atoms with Gasteiger partial charge in [-0.3, -0.25) is 0 Å². The quantitative estimate of drug-likeness (QED) is 0.467. The predicted octanol–water partition coefficient (Wildman–Crippen LogP) is 5.87. The van der Waals surface area contributed by atoms with Gasteiger partial charge in [-0.25, -0.2) is 0 Å². The summed E-state index contributed by atoms with van der Waals surface area (Å²) in [4.78, 5) is 0. The number of allylic oxidation sites excluding steroid dienone is 1. The Labute approximate surface area is 166 Å². The molecular formula is C25H42O2. The summed E-state index contributed by atoms with van der Waals surface area (Å²) in [6, 6.07) is 0. The Kier molecular flexibility index (Phi) is 5.53. The van der Waals surface area contributed by atoms with Crippen LogP contribution >= 0.6 is 0 Å². The number of fused-ring (bicyclic) bond motifs is 5. The van der Waals surface area contributed by atoms with Gasteiger partial charge < -0.3 is 10.2 Å². The number of unbranched alkanes of at least 4 members (excludes halogenated alkanes) is 1. The number of aliphatic hydroxyl groups is 2. The van der Waals surface area contributed by atoms with Gasteiger partial charge in [0.15, 0.2) is 0 Å². The van der Waals surface area contributed by atoms with E-state index >= 15 is 0 Å². The van der Waals surface area contributed by atoms with E-state index < -0.39 is 0 Å². The first-order valence-corrected chi connectivity index (χ1v) is 11.9. The molecule has 0 aromatic rings. The van der Waals surface area contributed by atoms with E-state index in [2.05, 4.69) is 19.9 Å². The Balaban J connectivity index is 1.46. The minimum Gasteiger partial charge on any atom is -0.393 e. The molecule has 0 aromatic carbocycles. The Hall–Kier alpha value is -0.340. The normalized spacial score (nSPS) is 47.6. The van der Waals surface area contributed by atoms with E-state index in [9.17, 15) is 10.2 Å². The Morgan fingerprint density at radius 1 is 1.07 bits per heavy atom. The summed E-state index contributed by atoms with van der Waals surface area (Å²) in [6.45, 7) is 7.09. The first-order chi connectivity index (χ1) is 12.8. The van der Waals surface area contributed by atoms with Crippen molar-refractivity contribution in [1.29, 1.82) is 0 Å². The molecule has 8 atom stereocenters. The molecule has 0 saturated heterocycles. The molecule has 3 saturated carbocycles. The van der Waals surface area contributed by atoms with Crippen LogP contribution in [0.15, 0.2) is 11.6 Å². The van der Waals surface area contributed by atoms with Crippen molar-refractivity contribution >= 4 is 0 Å². The van der Waals surface area contributed by atoms with E-state index in [4.69, 9.17) is 0 Å². The van der Waals surface area contributed by atoms with Crippen LogP contribution in [0.1, 0.15) is 97.8 Å². The van der Waals surface area contributed by atoms with E-state index in [1.54, 1.807) is 5.57 Å². The molecule has 0 bridgehead atoms. The van der Waals surface area contributed by atoms with E-state index in [0.717, 1.165) is 42.9 Å². The zero-order chi connectivity index (χ0) is 19.2. The van der Waals surface area contributed by atoms with E-state index in [1.165, 1.54) is 57.8 Å². The molecule has 2 nitrogen and oxygen atoms in total. The molecule has 0 amide bonds. The number of rotatable bonds is 5. The summed E-state index contributed by atoms with van der Waals surface area (Å²) in [7, 11) is 0. The minimum absolute atomic E-state index is 0.0905. The van der Waals surface area contributed by atoms with Crippen LogP contribution in [0.3, 0.4) is 0 Å². The third-order valence-electron chi connectivity index (χ3n) is 9.70. The maximum atomic E-state index is 10.2. The molecule has 27 heavy (non-hydrogen) atoms. The SMILES string of the molecule is CC(O)CCCC[C@H]1CCC2[C@@H]3CC=C4CC(O)CC[C@]4(C)C3CC[C@@]21C. The smallest absolute Gasteiger partial charge is 0.0577 e. The summed E-state index contributed by atoms with van der Waals surface area (Å²) in [5.74, 6) is 3.57. The largest absolute Gasteiger partial charge is 0.393 e. The first kappa shape index (κ1) is 20.0. The molecule has 154 valence electrons. The first-order valence-electron chi connectivity index (χ1n) is 11.9. The van der Waals surface area contributed by atoms with Gasteiger partial charge in [-0.05, 0) is 106 Å². The molecule has 0 aliphatic heterocycles. The lowest BCUT2D eigenvalue weighted by atomic mass is 9.47. The summed E-state index contributed by atoms with van der Waals surface area (Å²) < 4.78 is 0. The second-order valence-corrected chi connectivity index (χ2v) is 11.1. The third kappa shape index (κ3) is 3.44. The van der Waals surface area contributed by atoms with Crippen molar-refractivity contribution in [3.63, 3.8) is 0 Å². The fourth-order valence-corrected chi connectivity index (χ4v) is 8.06. The van der Waals surface area contributed by atoms with Gasteiger partial charge in [0.2, 0.25) is 0 Å². The summed E-state index contributed by atoms with van der Waals surface area (Å²) in [5.41, 5.74) is 2.53. The summed E-state index contributed by atoms with van der Waals surface area (Å²) in [5, 5.41) is 19.7. The predicted molar refractivity (Wildman–Crippen MR) is 111 cm³/mol. The lowest BCUT2D eigenvalue weighted by Gasteiger charge is -2.58.